The molecule has 93 heavy (non-hydrogen) atoms. The Balaban J connectivity index is 0.000000148. The molecule has 0 unspecified atom stereocenters. The molecule has 0 aliphatic heterocycles. The summed E-state index contributed by atoms with van der Waals surface area (Å²) in [6.45, 7) is 0. The van der Waals surface area contributed by atoms with Crippen molar-refractivity contribution in [2.45, 2.75) is 0 Å². The van der Waals surface area contributed by atoms with Crippen LogP contribution in [-0.2, 0) is 10.9 Å². The summed E-state index contributed by atoms with van der Waals surface area (Å²) < 4.78 is 1.74. The van der Waals surface area contributed by atoms with E-state index in [-0.39, 0.29) is 0 Å². The first-order valence-electron chi connectivity index (χ1n) is 28.1. The molecule has 0 aliphatic rings. The summed E-state index contributed by atoms with van der Waals surface area (Å²) in [6, 6.07) is 102. The van der Waals surface area contributed by atoms with E-state index in [4.69, 9.17) is 23.2 Å². The Bertz CT molecular complexity index is 3870. The van der Waals surface area contributed by atoms with E-state index in [1.807, 2.05) is 97.1 Å². The number of nitrogens with zero attached hydrogens (tertiary/aromatic N) is 12. The van der Waals surface area contributed by atoms with Gasteiger partial charge in [-0.2, -0.15) is 0 Å². The summed E-state index contributed by atoms with van der Waals surface area (Å²) in [5.74, 6) is 0. The van der Waals surface area contributed by atoms with Gasteiger partial charge < -0.3 is 0 Å². The number of benzene rings is 6. The molecular weight excluding hydrogens is 1590 g/mol. The van der Waals surface area contributed by atoms with Gasteiger partial charge in [0.1, 0.15) is 36.8 Å². The van der Waals surface area contributed by atoms with Gasteiger partial charge in [-0.05, 0) is 183 Å². The summed E-state index contributed by atoms with van der Waals surface area (Å²) in [5.41, 5.74) is 5.86. The van der Waals surface area contributed by atoms with Crippen LogP contribution >= 0.6 is 106 Å². The number of pyridine rings is 4. The Kier molecular flexibility index (Phi) is 31.5. The number of rotatable bonds is 10. The molecule has 0 N–H and O–H groups in total. The molecule has 8 heterocycles. The van der Waals surface area contributed by atoms with E-state index >= 15 is 0 Å². The fourth-order valence-corrected chi connectivity index (χ4v) is 13.6. The topological polar surface area (TPSA) is 155 Å². The second kappa shape index (κ2) is 41.1. The van der Waals surface area contributed by atoms with Crippen LogP contribution in [0.25, 0.3) is 45.6 Å². The predicted molar refractivity (Wildman–Crippen MR) is 400 cm³/mol. The fourth-order valence-electron chi connectivity index (χ4n) is 8.20. The smallest absolute Gasteiger partial charge is 0.113 e. The molecule has 21 heteroatoms. The molecule has 0 fully saturated rings. The zero-order chi connectivity index (χ0) is 64.9. The van der Waals surface area contributed by atoms with Gasteiger partial charge in [0.15, 0.2) is 10.3 Å². The van der Waals surface area contributed by atoms with Crippen molar-refractivity contribution < 1.29 is 10.9 Å². The quantitative estimate of drug-likeness (QED) is 0.0554. The molecule has 14 rings (SSSR count). The average molecular weight is 1650 g/mol. The molecule has 0 spiro atoms. The zero-order valence-electron chi connectivity index (χ0n) is 49.0. The van der Waals surface area contributed by atoms with Gasteiger partial charge >= 0.3 is 39.3 Å². The monoisotopic (exact) mass is 1640 g/mol. The van der Waals surface area contributed by atoms with Gasteiger partial charge in [0, 0.05) is 24.8 Å². The Labute approximate surface area is 595 Å². The van der Waals surface area contributed by atoms with Crippen molar-refractivity contribution in [1.82, 2.24) is 60.7 Å². The summed E-state index contributed by atoms with van der Waals surface area (Å²) >= 11 is 22.3. The third-order valence-electron chi connectivity index (χ3n) is 12.3. The predicted octanol–water partition coefficient (Wildman–Crippen LogP) is 17.4. The largest absolute Gasteiger partial charge is 0.255 e. The van der Waals surface area contributed by atoms with Gasteiger partial charge in [0.2, 0.25) is 0 Å². The van der Waals surface area contributed by atoms with Crippen molar-refractivity contribution in [1.29, 1.82) is 0 Å². The van der Waals surface area contributed by atoms with E-state index in [9.17, 15) is 0 Å². The molecule has 0 bridgehead atoms. The molecule has 0 saturated heterocycles. The molecule has 0 atom stereocenters. The third-order valence-corrected chi connectivity index (χ3v) is 18.7. The van der Waals surface area contributed by atoms with Gasteiger partial charge in [0.25, 0.3) is 0 Å². The van der Waals surface area contributed by atoms with Gasteiger partial charge in [-0.15, -0.1) is 40.8 Å². The second-order valence-corrected chi connectivity index (χ2v) is 30.7. The minimum Gasteiger partial charge on any atom is -0.255 e. The van der Waals surface area contributed by atoms with Crippen molar-refractivity contribution >= 4 is 138 Å². The molecule has 6 aromatic carbocycles. The first-order chi connectivity index (χ1) is 45.8. The van der Waals surface area contributed by atoms with Gasteiger partial charge in [-0.1, -0.05) is 229 Å². The summed E-state index contributed by atoms with van der Waals surface area (Å²) in [5, 5.41) is 41.0. The SMILES string of the molecule is Brc1ccccn1.Clc1ccc(-c2ccccn2)nn1.Clc1ccc(I)nn1.[Br][Ni][Br].c1ccc(-c2ccc(-c3ccc(-c4ccccn4)nn3)nn2)nc1.c1ccc(P(c2ccccc2)c2ccccc2)cc1.c1ccc(P(c2ccccc2)c2ccccc2)cc1. The van der Waals surface area contributed by atoms with Crippen LogP contribution in [0.2, 0.25) is 10.3 Å². The van der Waals surface area contributed by atoms with Crippen LogP contribution in [0.1, 0.15) is 0 Å². The van der Waals surface area contributed by atoms with E-state index in [0.717, 1.165) is 42.5 Å². The average Bonchev–Trinajstić information content (AvgIpc) is 1.87. The van der Waals surface area contributed by atoms with Crippen LogP contribution in [0.4, 0.5) is 0 Å². The Morgan fingerprint density at radius 1 is 0.258 bits per heavy atom. The van der Waals surface area contributed by atoms with Crippen LogP contribution in [0.5, 0.6) is 0 Å². The van der Waals surface area contributed by atoms with Crippen molar-refractivity contribution in [2.75, 3.05) is 0 Å². The molecule has 0 radical (unpaired) electrons. The first-order valence-corrected chi connectivity index (χ1v) is 38.3. The molecule has 14 aromatic rings. The van der Waals surface area contributed by atoms with E-state index in [2.05, 4.69) is 310 Å². The van der Waals surface area contributed by atoms with Gasteiger partial charge in [-0.3, -0.25) is 15.0 Å². The van der Waals surface area contributed by atoms with Crippen molar-refractivity contribution in [3.05, 3.63) is 347 Å². The number of hydrogen-bond donors (Lipinski definition) is 0. The van der Waals surface area contributed by atoms with E-state index in [0.29, 0.717) is 21.7 Å². The summed E-state index contributed by atoms with van der Waals surface area (Å²) in [7, 11) is 0.358. The zero-order valence-corrected chi connectivity index (χ0v) is 60.2. The molecule has 464 valence electrons. The molecule has 0 amide bonds. The van der Waals surface area contributed by atoms with Crippen molar-refractivity contribution in [3.8, 4) is 45.6 Å². The Hall–Kier alpha value is -7.66. The van der Waals surface area contributed by atoms with Crippen LogP contribution in [0.3, 0.4) is 0 Å². The number of halogens is 6. The minimum atomic E-state index is -0.446. The number of hydrogen-bond acceptors (Lipinski definition) is 12. The van der Waals surface area contributed by atoms with Gasteiger partial charge in [-0.25, -0.2) is 4.98 Å². The Morgan fingerprint density at radius 3 is 0.688 bits per heavy atom. The standard InChI is InChI=1S/C18H12N6.2C18H15P.C9H6ClN3.C5H4BrN.C4H2ClIN2.2BrH.Ni/c1-3-11-19-13(5-1)15-7-9-17(23-21-15)18-10-8-16(22-24-18)14-6-2-4-12-20-14;2*1-4-10-16(11-5-1)19(17-12-6-2-7-13-17)18-14-8-3-9-15-18;10-9-5-4-8(12-13-9)7-3-1-2-6-11-7;6-5-3-1-2-4-7-5;5-3-1-2-4(6)8-7-3;;;/h1-12H;2*1-15H;1-6H;1-4H;1-2H;2*1H;/q;;;;;;;;+2/p-2. The molecule has 12 nitrogen and oxygen atoms in total. The fraction of sp³-hybridized carbons (Fsp3) is 0. The first kappa shape index (κ1) is 71.2. The maximum absolute atomic E-state index is 5.61. The van der Waals surface area contributed by atoms with E-state index in [1.165, 1.54) is 42.7 Å². The molecule has 8 aromatic heterocycles. The number of aromatic nitrogens is 12. The maximum atomic E-state index is 5.61. The van der Waals surface area contributed by atoms with Crippen molar-refractivity contribution in [3.63, 3.8) is 0 Å². The molecule has 0 aliphatic carbocycles. The van der Waals surface area contributed by atoms with Crippen molar-refractivity contribution in [2.24, 2.45) is 0 Å². The Morgan fingerprint density at radius 2 is 0.495 bits per heavy atom. The van der Waals surface area contributed by atoms with Crippen LogP contribution < -0.4 is 31.8 Å². The van der Waals surface area contributed by atoms with Crippen LogP contribution in [-0.4, -0.2) is 60.7 Å². The van der Waals surface area contributed by atoms with Crippen LogP contribution in [0.15, 0.2) is 333 Å². The van der Waals surface area contributed by atoms with E-state index in [1.54, 1.807) is 49.1 Å². The van der Waals surface area contributed by atoms with Crippen LogP contribution in [0, 0.1) is 3.70 Å². The second-order valence-electron chi connectivity index (χ2n) is 18.6. The summed E-state index contributed by atoms with van der Waals surface area (Å²) in [4.78, 5) is 16.5. The summed E-state index contributed by atoms with van der Waals surface area (Å²) in [6.07, 6.45) is 6.91. The van der Waals surface area contributed by atoms with E-state index < -0.39 is 15.8 Å². The van der Waals surface area contributed by atoms with Gasteiger partial charge in [0.05, 0.1) is 17.1 Å². The third kappa shape index (κ3) is 24.6. The molecule has 0 saturated carbocycles. The maximum Gasteiger partial charge on any atom is 0.113 e. The normalized spacial score (nSPS) is 10.1. The molecular formula is C72H54Br3Cl2IN12NiP2. The minimum absolute atomic E-state index is 0.389.